The lowest BCUT2D eigenvalue weighted by molar-refractivity contribution is 0.0866. The Balaban J connectivity index is 1.42. The van der Waals surface area contributed by atoms with Gasteiger partial charge in [-0.25, -0.2) is 4.79 Å². The van der Waals surface area contributed by atoms with Crippen molar-refractivity contribution >= 4 is 11.9 Å². The third kappa shape index (κ3) is 7.87. The number of amides is 3. The van der Waals surface area contributed by atoms with E-state index in [0.29, 0.717) is 24.7 Å². The molecule has 3 rings (SSSR count). The van der Waals surface area contributed by atoms with Crippen LogP contribution in [0.15, 0.2) is 54.6 Å². The monoisotopic (exact) mass is 451 g/mol. The van der Waals surface area contributed by atoms with Gasteiger partial charge >= 0.3 is 6.03 Å². The van der Waals surface area contributed by atoms with Gasteiger partial charge in [-0.3, -0.25) is 9.69 Å². The highest BCUT2D eigenvalue weighted by atomic mass is 16.2. The van der Waals surface area contributed by atoms with Crippen LogP contribution in [0.25, 0.3) is 0 Å². The van der Waals surface area contributed by atoms with Crippen molar-refractivity contribution in [3.63, 3.8) is 0 Å². The molecule has 1 saturated heterocycles. The van der Waals surface area contributed by atoms with Gasteiger partial charge in [0.15, 0.2) is 0 Å². The maximum atomic E-state index is 12.5. The molecule has 1 heterocycles. The van der Waals surface area contributed by atoms with Crippen LogP contribution in [0.2, 0.25) is 0 Å². The fourth-order valence-corrected chi connectivity index (χ4v) is 4.07. The summed E-state index contributed by atoms with van der Waals surface area (Å²) < 4.78 is 0. The van der Waals surface area contributed by atoms with Gasteiger partial charge in [-0.15, -0.1) is 0 Å². The molecule has 7 heteroatoms. The summed E-state index contributed by atoms with van der Waals surface area (Å²) in [4.78, 5) is 29.1. The summed E-state index contributed by atoms with van der Waals surface area (Å²) in [6.07, 6.45) is 0.908. The number of rotatable bonds is 9. The molecule has 1 aliphatic heterocycles. The Morgan fingerprint density at radius 3 is 2.42 bits per heavy atom. The zero-order valence-electron chi connectivity index (χ0n) is 20.0. The molecule has 0 bridgehead atoms. The van der Waals surface area contributed by atoms with Crippen LogP contribution in [-0.2, 0) is 6.54 Å². The van der Waals surface area contributed by atoms with Crippen molar-refractivity contribution in [1.29, 1.82) is 0 Å². The van der Waals surface area contributed by atoms with Gasteiger partial charge in [0.2, 0.25) is 0 Å². The van der Waals surface area contributed by atoms with E-state index in [9.17, 15) is 9.59 Å². The van der Waals surface area contributed by atoms with E-state index < -0.39 is 0 Å². The van der Waals surface area contributed by atoms with E-state index in [2.05, 4.69) is 63.1 Å². The van der Waals surface area contributed by atoms with Crippen LogP contribution in [0.5, 0.6) is 0 Å². The number of nitrogens with zero attached hydrogens (tertiary/aromatic N) is 2. The maximum absolute atomic E-state index is 12.5. The predicted molar refractivity (Wildman–Crippen MR) is 132 cm³/mol. The van der Waals surface area contributed by atoms with Gasteiger partial charge in [-0.1, -0.05) is 42.5 Å². The summed E-state index contributed by atoms with van der Waals surface area (Å²) in [5, 5.41) is 8.64. The average Bonchev–Trinajstić information content (AvgIpc) is 2.81. The first kappa shape index (κ1) is 24.7. The van der Waals surface area contributed by atoms with E-state index in [1.54, 1.807) is 12.1 Å². The molecule has 0 spiro atoms. The molecule has 33 heavy (non-hydrogen) atoms. The highest BCUT2D eigenvalue weighted by Gasteiger charge is 2.25. The normalized spacial score (nSPS) is 17.0. The Kier molecular flexibility index (Phi) is 9.27. The van der Waals surface area contributed by atoms with Crippen molar-refractivity contribution in [1.82, 2.24) is 25.8 Å². The van der Waals surface area contributed by atoms with E-state index in [1.807, 2.05) is 26.0 Å². The molecule has 2 aromatic rings. The first-order valence-electron chi connectivity index (χ1n) is 11.8. The summed E-state index contributed by atoms with van der Waals surface area (Å²) in [6.45, 7) is 8.98. The van der Waals surface area contributed by atoms with Crippen molar-refractivity contribution in [3.05, 3.63) is 71.3 Å². The van der Waals surface area contributed by atoms with Crippen molar-refractivity contribution in [3.8, 4) is 0 Å². The van der Waals surface area contributed by atoms with Crippen molar-refractivity contribution in [2.45, 2.75) is 38.9 Å². The van der Waals surface area contributed by atoms with Gasteiger partial charge < -0.3 is 20.9 Å². The topological polar surface area (TPSA) is 76.7 Å². The van der Waals surface area contributed by atoms with Crippen LogP contribution < -0.4 is 16.0 Å². The third-order valence-electron chi connectivity index (χ3n) is 5.88. The number of carbonyl (C=O) groups is 2. The number of hydrogen-bond acceptors (Lipinski definition) is 4. The van der Waals surface area contributed by atoms with Gasteiger partial charge in [0.25, 0.3) is 5.91 Å². The fraction of sp³-hybridized carbons (Fsp3) is 0.462. The molecule has 0 saturated carbocycles. The van der Waals surface area contributed by atoms with Crippen LogP contribution >= 0.6 is 0 Å². The number of hydrogen-bond donors (Lipinski definition) is 3. The standard InChI is InChI=1S/C26H37N5O2/c1-20(2)29-26(33)28-18-21-10-12-23(13-11-21)25(32)27-14-7-15-31-17-16-30(3)19-24(31)22-8-5-4-6-9-22/h4-6,8-13,20,24H,7,14-19H2,1-3H3,(H,27,32)(H2,28,29,33). The maximum Gasteiger partial charge on any atom is 0.315 e. The predicted octanol–water partition coefficient (Wildman–Crippen LogP) is 3.00. The molecule has 1 atom stereocenters. The second kappa shape index (κ2) is 12.4. The number of benzene rings is 2. The fourth-order valence-electron chi connectivity index (χ4n) is 4.07. The van der Waals surface area contributed by atoms with Crippen LogP contribution in [0.4, 0.5) is 4.79 Å². The minimum absolute atomic E-state index is 0.0648. The number of urea groups is 1. The highest BCUT2D eigenvalue weighted by molar-refractivity contribution is 5.94. The lowest BCUT2D eigenvalue weighted by Gasteiger charge is -2.40. The van der Waals surface area contributed by atoms with E-state index in [1.165, 1.54) is 5.56 Å². The van der Waals surface area contributed by atoms with E-state index >= 15 is 0 Å². The summed E-state index contributed by atoms with van der Waals surface area (Å²) in [5.74, 6) is -0.0648. The van der Waals surface area contributed by atoms with Gasteiger partial charge in [-0.05, 0) is 50.6 Å². The molecule has 3 N–H and O–H groups in total. The Morgan fingerprint density at radius 2 is 1.73 bits per heavy atom. The van der Waals surface area contributed by atoms with E-state index in [0.717, 1.165) is 38.2 Å². The van der Waals surface area contributed by atoms with Crippen molar-refractivity contribution in [2.24, 2.45) is 0 Å². The molecule has 7 nitrogen and oxygen atoms in total. The van der Waals surface area contributed by atoms with E-state index in [-0.39, 0.29) is 18.0 Å². The van der Waals surface area contributed by atoms with Gasteiger partial charge in [0, 0.05) is 56.9 Å². The molecule has 2 aromatic carbocycles. The summed E-state index contributed by atoms with van der Waals surface area (Å²) in [5.41, 5.74) is 2.93. The first-order valence-corrected chi connectivity index (χ1v) is 11.8. The molecule has 0 aromatic heterocycles. The van der Waals surface area contributed by atoms with Crippen molar-refractivity contribution < 1.29 is 9.59 Å². The zero-order valence-corrected chi connectivity index (χ0v) is 20.0. The third-order valence-corrected chi connectivity index (χ3v) is 5.88. The number of piperazine rings is 1. The number of likely N-dealkylation sites (N-methyl/N-ethyl adjacent to an activating group) is 1. The molecular formula is C26H37N5O2. The average molecular weight is 452 g/mol. The summed E-state index contributed by atoms with van der Waals surface area (Å²) >= 11 is 0. The molecule has 178 valence electrons. The lowest BCUT2D eigenvalue weighted by atomic mass is 10.0. The lowest BCUT2D eigenvalue weighted by Crippen LogP contribution is -2.47. The van der Waals surface area contributed by atoms with Gasteiger partial charge in [-0.2, -0.15) is 0 Å². The number of nitrogens with one attached hydrogen (secondary N) is 3. The molecular weight excluding hydrogens is 414 g/mol. The Labute approximate surface area is 197 Å². The minimum atomic E-state index is -0.193. The summed E-state index contributed by atoms with van der Waals surface area (Å²) in [6, 6.07) is 18.3. The quantitative estimate of drug-likeness (QED) is 0.513. The van der Waals surface area contributed by atoms with E-state index in [4.69, 9.17) is 0 Å². The van der Waals surface area contributed by atoms with Gasteiger partial charge in [0.05, 0.1) is 0 Å². The van der Waals surface area contributed by atoms with Crippen LogP contribution in [0.1, 0.15) is 47.8 Å². The molecule has 0 aliphatic carbocycles. The van der Waals surface area contributed by atoms with Crippen molar-refractivity contribution in [2.75, 3.05) is 39.8 Å². The zero-order chi connectivity index (χ0) is 23.6. The van der Waals surface area contributed by atoms with Gasteiger partial charge in [0.1, 0.15) is 0 Å². The van der Waals surface area contributed by atoms with Crippen LogP contribution in [-0.4, -0.2) is 67.6 Å². The summed E-state index contributed by atoms with van der Waals surface area (Å²) in [7, 11) is 2.18. The molecule has 1 unspecified atom stereocenters. The van der Waals surface area contributed by atoms with Crippen LogP contribution in [0, 0.1) is 0 Å². The second-order valence-corrected chi connectivity index (χ2v) is 9.01. The Morgan fingerprint density at radius 1 is 1.00 bits per heavy atom. The highest BCUT2D eigenvalue weighted by Crippen LogP contribution is 2.24. The smallest absolute Gasteiger partial charge is 0.315 e. The second-order valence-electron chi connectivity index (χ2n) is 9.01. The molecule has 3 amide bonds. The molecule has 0 radical (unpaired) electrons. The Bertz CT molecular complexity index is 885. The largest absolute Gasteiger partial charge is 0.352 e. The molecule has 1 aliphatic rings. The SMILES string of the molecule is CC(C)NC(=O)NCc1ccc(C(=O)NCCCN2CCN(C)CC2c2ccccc2)cc1. The first-order chi connectivity index (χ1) is 15.9. The molecule has 1 fully saturated rings. The Hall–Kier alpha value is -2.90. The number of carbonyl (C=O) groups excluding carboxylic acids is 2. The minimum Gasteiger partial charge on any atom is -0.352 e. The van der Waals surface area contributed by atoms with Crippen LogP contribution in [0.3, 0.4) is 0 Å².